The summed E-state index contributed by atoms with van der Waals surface area (Å²) < 4.78 is 52.8. The molecule has 0 radical (unpaired) electrons. The van der Waals surface area contributed by atoms with Gasteiger partial charge >= 0.3 is 0 Å². The number of hydrogen-bond donors (Lipinski definition) is 1. The van der Waals surface area contributed by atoms with Crippen molar-refractivity contribution in [1.82, 2.24) is 20.5 Å². The first kappa shape index (κ1) is 32.5. The number of sulfone groups is 2. The Morgan fingerprint density at radius 1 is 0.767 bits per heavy atom. The summed E-state index contributed by atoms with van der Waals surface area (Å²) in [6.45, 7) is 7.25. The van der Waals surface area contributed by atoms with Gasteiger partial charge in [-0.25, -0.2) is 21.9 Å². The highest BCUT2D eigenvalue weighted by Crippen LogP contribution is 2.20. The molecule has 2 heterocycles. The van der Waals surface area contributed by atoms with Crippen LogP contribution >= 0.6 is 0 Å². The van der Waals surface area contributed by atoms with Crippen LogP contribution in [0.1, 0.15) is 38.8 Å². The second-order valence-electron chi connectivity index (χ2n) is 11.5. The summed E-state index contributed by atoms with van der Waals surface area (Å²) in [6, 6.07) is 17.0. The number of rotatable bonds is 15. The monoisotopic (exact) mass is 626 g/mol. The average Bonchev–Trinajstić information content (AvgIpc) is 2.95. The zero-order valence-electron chi connectivity index (χ0n) is 24.8. The van der Waals surface area contributed by atoms with Gasteiger partial charge in [-0.2, -0.15) is 10.4 Å². The van der Waals surface area contributed by atoms with E-state index >= 15 is 0 Å². The molecule has 0 aliphatic carbocycles. The van der Waals surface area contributed by atoms with Crippen LogP contribution < -0.4 is 5.48 Å². The van der Waals surface area contributed by atoms with E-state index in [-0.39, 0.29) is 34.8 Å². The van der Waals surface area contributed by atoms with E-state index < -0.39 is 31.8 Å². The van der Waals surface area contributed by atoms with Gasteiger partial charge in [-0.3, -0.25) is 14.8 Å². The summed E-state index contributed by atoms with van der Waals surface area (Å²) in [5.41, 5.74) is 5.40. The van der Waals surface area contributed by atoms with Crippen molar-refractivity contribution in [2.45, 2.75) is 51.3 Å². The lowest BCUT2D eigenvalue weighted by atomic mass is 10.1. The lowest BCUT2D eigenvalue weighted by Crippen LogP contribution is -2.49. The Bertz CT molecular complexity index is 1780. The lowest BCUT2D eigenvalue weighted by Gasteiger charge is -2.32. The van der Waals surface area contributed by atoms with E-state index in [0.29, 0.717) is 17.5 Å². The predicted molar refractivity (Wildman–Crippen MR) is 168 cm³/mol. The molecule has 0 bridgehead atoms. The van der Waals surface area contributed by atoms with E-state index in [0.717, 1.165) is 26.9 Å². The van der Waals surface area contributed by atoms with Crippen molar-refractivity contribution >= 4 is 47.9 Å². The van der Waals surface area contributed by atoms with Gasteiger partial charge in [0.25, 0.3) is 0 Å². The number of nitrogens with one attached hydrogen (secondary N) is 1. The van der Waals surface area contributed by atoms with Crippen LogP contribution in [0.25, 0.3) is 21.8 Å². The number of nitrogens with zero attached hydrogens (tertiary/aromatic N) is 3. The van der Waals surface area contributed by atoms with Crippen molar-refractivity contribution in [3.63, 3.8) is 0 Å². The summed E-state index contributed by atoms with van der Waals surface area (Å²) >= 11 is 0. The second-order valence-corrected chi connectivity index (χ2v) is 15.7. The third-order valence-corrected chi connectivity index (χ3v) is 10.5. The molecule has 1 N–H and O–H groups in total. The van der Waals surface area contributed by atoms with Crippen molar-refractivity contribution in [3.05, 3.63) is 84.2 Å². The highest BCUT2D eigenvalue weighted by Gasteiger charge is 2.30. The third kappa shape index (κ3) is 9.02. The highest BCUT2D eigenvalue weighted by molar-refractivity contribution is 7.90. The number of pyridine rings is 2. The normalized spacial score (nSPS) is 13.9. The zero-order chi connectivity index (χ0) is 31.2. The van der Waals surface area contributed by atoms with Crippen molar-refractivity contribution in [1.29, 1.82) is 0 Å². The summed E-state index contributed by atoms with van der Waals surface area (Å²) in [4.78, 5) is 26.4. The fourth-order valence-electron chi connectivity index (χ4n) is 4.77. The summed E-state index contributed by atoms with van der Waals surface area (Å²) in [5.74, 6) is -1.52. The van der Waals surface area contributed by atoms with E-state index in [1.807, 2.05) is 68.4 Å². The third-order valence-electron chi connectivity index (χ3n) is 7.24. The SMILES string of the molecule is CC(C)C(CS(=O)(=O)Cc1cnc2ccccc2c1)NON(C=O)[C@H](CS(=O)(=O)Cc1cnc2ccccc2c1)C(C)C. The van der Waals surface area contributed by atoms with E-state index in [1.165, 1.54) is 0 Å². The minimum Gasteiger partial charge on any atom is -0.276 e. The Morgan fingerprint density at radius 3 is 1.72 bits per heavy atom. The van der Waals surface area contributed by atoms with Gasteiger partial charge < -0.3 is 0 Å². The molecule has 230 valence electrons. The molecule has 43 heavy (non-hydrogen) atoms. The molecular formula is C31H38N4O6S2. The molecule has 0 fully saturated rings. The molecule has 0 aliphatic rings. The molecule has 0 aliphatic heterocycles. The fourth-order valence-corrected chi connectivity index (χ4v) is 8.39. The molecular weight excluding hydrogens is 588 g/mol. The Balaban J connectivity index is 1.41. The smallest absolute Gasteiger partial charge is 0.235 e. The first-order valence-corrected chi connectivity index (χ1v) is 17.7. The zero-order valence-corrected chi connectivity index (χ0v) is 26.4. The largest absolute Gasteiger partial charge is 0.276 e. The van der Waals surface area contributed by atoms with Crippen LogP contribution in [0.3, 0.4) is 0 Å². The summed E-state index contributed by atoms with van der Waals surface area (Å²) in [5, 5.41) is 2.62. The van der Waals surface area contributed by atoms with Crippen molar-refractivity contribution < 1.29 is 26.6 Å². The first-order valence-electron chi connectivity index (χ1n) is 14.1. The van der Waals surface area contributed by atoms with E-state index in [9.17, 15) is 21.6 Å². The van der Waals surface area contributed by atoms with Crippen molar-refractivity contribution in [2.24, 2.45) is 11.8 Å². The molecule has 0 spiro atoms. The van der Waals surface area contributed by atoms with Gasteiger partial charge in [-0.15, -0.1) is 0 Å². The molecule has 2 atom stereocenters. The Hall–Kier alpha value is -3.45. The maximum Gasteiger partial charge on any atom is 0.235 e. The summed E-state index contributed by atoms with van der Waals surface area (Å²) in [6.07, 6.45) is 3.52. The Morgan fingerprint density at radius 2 is 1.26 bits per heavy atom. The number of hydrogen-bond acceptors (Lipinski definition) is 9. The van der Waals surface area contributed by atoms with Crippen LogP contribution in [0.15, 0.2) is 73.1 Å². The molecule has 0 saturated heterocycles. The first-order chi connectivity index (χ1) is 20.4. The standard InChI is InChI=1S/C31H38N4O6S2/c1-22(2)30(19-42(37,38)17-24-13-26-9-5-7-11-28(26)32-15-24)34-41-35(21-36)31(23(3)4)20-43(39,40)18-25-14-27-10-6-8-12-29(27)33-16-25/h5-16,21-23,30-31,34H,17-20H2,1-4H3/t30?,31-/m1/s1. The van der Waals surface area contributed by atoms with Gasteiger partial charge in [0.05, 0.1) is 46.1 Å². The maximum absolute atomic E-state index is 13.2. The minimum absolute atomic E-state index is 0.181. The van der Waals surface area contributed by atoms with Crippen LogP contribution in [-0.2, 0) is 40.9 Å². The molecule has 12 heteroatoms. The second kappa shape index (κ2) is 13.9. The van der Waals surface area contributed by atoms with Gasteiger partial charge in [0.15, 0.2) is 19.7 Å². The Labute approximate surface area is 253 Å². The number of carbonyl (C=O) groups excluding carboxylic acids is 1. The summed E-state index contributed by atoms with van der Waals surface area (Å²) in [7, 11) is -7.30. The number of aromatic nitrogens is 2. The van der Waals surface area contributed by atoms with Crippen molar-refractivity contribution in [3.8, 4) is 0 Å². The lowest BCUT2D eigenvalue weighted by molar-refractivity contribution is -0.228. The molecule has 2 aromatic heterocycles. The quantitative estimate of drug-likeness (QED) is 0.152. The highest BCUT2D eigenvalue weighted by atomic mass is 32.2. The van der Waals surface area contributed by atoms with Crippen LogP contribution in [0.2, 0.25) is 0 Å². The van der Waals surface area contributed by atoms with Gasteiger partial charge in [0.1, 0.15) is 0 Å². The van der Waals surface area contributed by atoms with Crippen LogP contribution in [0.4, 0.5) is 0 Å². The molecule has 4 rings (SSSR count). The van der Waals surface area contributed by atoms with Gasteiger partial charge in [0, 0.05) is 23.2 Å². The van der Waals surface area contributed by atoms with E-state index in [1.54, 1.807) is 32.3 Å². The molecule has 1 amide bonds. The number of carbonyl (C=O) groups is 1. The minimum atomic E-state index is -3.69. The molecule has 1 unspecified atom stereocenters. The fraction of sp³-hybridized carbons (Fsp3) is 0.387. The molecule has 2 aromatic carbocycles. The molecule has 0 saturated carbocycles. The van der Waals surface area contributed by atoms with Gasteiger partial charge in [0.2, 0.25) is 6.41 Å². The number of benzene rings is 2. The maximum atomic E-state index is 13.2. The van der Waals surface area contributed by atoms with E-state index in [2.05, 4.69) is 15.4 Å². The molecule has 4 aromatic rings. The number of hydroxylamine groups is 3. The number of amides is 1. The number of fused-ring (bicyclic) bond motifs is 2. The van der Waals surface area contributed by atoms with Crippen LogP contribution in [0, 0.1) is 11.8 Å². The number of para-hydroxylation sites is 2. The Kier molecular flexibility index (Phi) is 10.5. The van der Waals surface area contributed by atoms with E-state index in [4.69, 9.17) is 4.94 Å². The van der Waals surface area contributed by atoms with Crippen LogP contribution in [0.5, 0.6) is 0 Å². The van der Waals surface area contributed by atoms with Gasteiger partial charge in [-0.05, 0) is 47.2 Å². The molecule has 10 nitrogen and oxygen atoms in total. The van der Waals surface area contributed by atoms with Crippen molar-refractivity contribution in [2.75, 3.05) is 11.5 Å². The topological polar surface area (TPSA) is 136 Å². The predicted octanol–water partition coefficient (Wildman–Crippen LogP) is 4.26. The van der Waals surface area contributed by atoms with Gasteiger partial charge in [-0.1, -0.05) is 64.1 Å². The average molecular weight is 627 g/mol. The van der Waals surface area contributed by atoms with Crippen LogP contribution in [-0.4, -0.2) is 61.9 Å².